The van der Waals surface area contributed by atoms with Gasteiger partial charge in [0.25, 0.3) is 0 Å². The number of nitriles is 1. The molecule has 0 amide bonds. The molecule has 0 radical (unpaired) electrons. The molecule has 90 valence electrons. The summed E-state index contributed by atoms with van der Waals surface area (Å²) in [5.41, 5.74) is 0.609. The highest BCUT2D eigenvalue weighted by molar-refractivity contribution is 5.42. The van der Waals surface area contributed by atoms with Gasteiger partial charge in [0.15, 0.2) is 0 Å². The van der Waals surface area contributed by atoms with Crippen LogP contribution in [0.2, 0.25) is 0 Å². The van der Waals surface area contributed by atoms with E-state index in [1.807, 2.05) is 19.1 Å². The minimum Gasteiger partial charge on any atom is -0.378 e. The van der Waals surface area contributed by atoms with Gasteiger partial charge in [0.2, 0.25) is 0 Å². The van der Waals surface area contributed by atoms with Gasteiger partial charge in [-0.15, -0.1) is 0 Å². The molecule has 1 saturated heterocycles. The number of nitrogens with zero attached hydrogens (tertiary/aromatic N) is 3. The Labute approximate surface area is 102 Å². The number of piperidine rings is 1. The van der Waals surface area contributed by atoms with Crippen LogP contribution in [0.4, 0.5) is 5.82 Å². The highest BCUT2D eigenvalue weighted by Gasteiger charge is 2.19. The van der Waals surface area contributed by atoms with Crippen LogP contribution in [0.25, 0.3) is 0 Å². The summed E-state index contributed by atoms with van der Waals surface area (Å²) in [5.74, 6) is 0.957. The second-order valence-electron chi connectivity index (χ2n) is 4.16. The number of ether oxygens (including phenoxy) is 1. The van der Waals surface area contributed by atoms with Crippen molar-refractivity contribution in [1.82, 2.24) is 4.98 Å². The van der Waals surface area contributed by atoms with Crippen molar-refractivity contribution in [3.63, 3.8) is 0 Å². The van der Waals surface area contributed by atoms with Crippen molar-refractivity contribution in [2.75, 3.05) is 24.6 Å². The normalized spacial score (nSPS) is 16.8. The third kappa shape index (κ3) is 2.95. The van der Waals surface area contributed by atoms with Crippen LogP contribution in [0.3, 0.4) is 0 Å². The van der Waals surface area contributed by atoms with Gasteiger partial charge in [-0.3, -0.25) is 0 Å². The maximum absolute atomic E-state index is 8.71. The smallest absolute Gasteiger partial charge is 0.128 e. The van der Waals surface area contributed by atoms with Gasteiger partial charge in [-0.05, 0) is 31.9 Å². The molecular formula is C13H17N3O. The van der Waals surface area contributed by atoms with Gasteiger partial charge in [0, 0.05) is 25.9 Å². The molecule has 2 heterocycles. The fraction of sp³-hybridized carbons (Fsp3) is 0.538. The van der Waals surface area contributed by atoms with Crippen LogP contribution in [0.15, 0.2) is 18.3 Å². The molecule has 2 rings (SSSR count). The largest absolute Gasteiger partial charge is 0.378 e. The first-order valence-corrected chi connectivity index (χ1v) is 6.06. The molecule has 17 heavy (non-hydrogen) atoms. The summed E-state index contributed by atoms with van der Waals surface area (Å²) in [7, 11) is 0. The van der Waals surface area contributed by atoms with E-state index < -0.39 is 0 Å². The van der Waals surface area contributed by atoms with E-state index in [1.54, 1.807) is 6.20 Å². The lowest BCUT2D eigenvalue weighted by Crippen LogP contribution is -2.37. The SMILES string of the molecule is CCOC1CCN(c2ccc(C#N)cn2)CC1. The Hall–Kier alpha value is -1.60. The van der Waals surface area contributed by atoms with E-state index in [4.69, 9.17) is 10.00 Å². The van der Waals surface area contributed by atoms with Gasteiger partial charge in [-0.25, -0.2) is 4.98 Å². The van der Waals surface area contributed by atoms with E-state index >= 15 is 0 Å². The van der Waals surface area contributed by atoms with Crippen molar-refractivity contribution < 1.29 is 4.74 Å². The van der Waals surface area contributed by atoms with Crippen molar-refractivity contribution in [2.24, 2.45) is 0 Å². The Kier molecular flexibility index (Phi) is 3.94. The van der Waals surface area contributed by atoms with Gasteiger partial charge in [-0.2, -0.15) is 5.26 Å². The van der Waals surface area contributed by atoms with Gasteiger partial charge in [0.05, 0.1) is 11.7 Å². The molecule has 0 spiro atoms. The van der Waals surface area contributed by atoms with Crippen LogP contribution in [-0.2, 0) is 4.74 Å². The van der Waals surface area contributed by atoms with E-state index in [-0.39, 0.29) is 0 Å². The number of rotatable bonds is 3. The summed E-state index contributed by atoms with van der Waals surface area (Å²) >= 11 is 0. The molecule has 4 nitrogen and oxygen atoms in total. The van der Waals surface area contributed by atoms with Crippen molar-refractivity contribution in [3.8, 4) is 6.07 Å². The summed E-state index contributed by atoms with van der Waals surface area (Å²) in [5, 5.41) is 8.71. The summed E-state index contributed by atoms with van der Waals surface area (Å²) in [4.78, 5) is 6.55. The predicted molar refractivity (Wildman–Crippen MR) is 65.8 cm³/mol. The third-order valence-corrected chi connectivity index (χ3v) is 3.05. The number of pyridine rings is 1. The number of hydrogen-bond acceptors (Lipinski definition) is 4. The van der Waals surface area contributed by atoms with E-state index in [9.17, 15) is 0 Å². The van der Waals surface area contributed by atoms with E-state index in [0.29, 0.717) is 11.7 Å². The zero-order chi connectivity index (χ0) is 12.1. The van der Waals surface area contributed by atoms with Crippen molar-refractivity contribution in [3.05, 3.63) is 23.9 Å². The zero-order valence-electron chi connectivity index (χ0n) is 10.1. The highest BCUT2D eigenvalue weighted by Crippen LogP contribution is 2.19. The van der Waals surface area contributed by atoms with Crippen LogP contribution in [0.5, 0.6) is 0 Å². The van der Waals surface area contributed by atoms with Crippen molar-refractivity contribution in [2.45, 2.75) is 25.9 Å². The van der Waals surface area contributed by atoms with Crippen LogP contribution in [0, 0.1) is 11.3 Å². The Balaban J connectivity index is 1.94. The quantitative estimate of drug-likeness (QED) is 0.798. The average Bonchev–Trinajstić information content (AvgIpc) is 2.40. The Morgan fingerprint density at radius 1 is 1.47 bits per heavy atom. The second-order valence-corrected chi connectivity index (χ2v) is 4.16. The van der Waals surface area contributed by atoms with Crippen LogP contribution in [0.1, 0.15) is 25.3 Å². The van der Waals surface area contributed by atoms with Gasteiger partial charge < -0.3 is 9.64 Å². The minimum atomic E-state index is 0.398. The number of anilines is 1. The first-order chi connectivity index (χ1) is 8.33. The first-order valence-electron chi connectivity index (χ1n) is 6.06. The lowest BCUT2D eigenvalue weighted by molar-refractivity contribution is 0.0458. The molecule has 1 aliphatic rings. The summed E-state index contributed by atoms with van der Waals surface area (Å²) in [6, 6.07) is 5.81. The summed E-state index contributed by atoms with van der Waals surface area (Å²) < 4.78 is 5.61. The molecule has 0 aliphatic carbocycles. The molecule has 1 aromatic rings. The Morgan fingerprint density at radius 2 is 2.24 bits per heavy atom. The molecule has 0 atom stereocenters. The zero-order valence-corrected chi connectivity index (χ0v) is 10.1. The molecule has 0 aromatic carbocycles. The minimum absolute atomic E-state index is 0.398. The van der Waals surface area contributed by atoms with Crippen LogP contribution >= 0.6 is 0 Å². The number of aromatic nitrogens is 1. The molecule has 1 aliphatic heterocycles. The van der Waals surface area contributed by atoms with Crippen molar-refractivity contribution in [1.29, 1.82) is 5.26 Å². The molecule has 1 fully saturated rings. The molecule has 4 heteroatoms. The van der Waals surface area contributed by atoms with Gasteiger partial charge >= 0.3 is 0 Å². The first kappa shape index (κ1) is 11.9. The fourth-order valence-corrected chi connectivity index (χ4v) is 2.13. The van der Waals surface area contributed by atoms with E-state index in [0.717, 1.165) is 38.4 Å². The molecule has 0 bridgehead atoms. The van der Waals surface area contributed by atoms with Gasteiger partial charge in [-0.1, -0.05) is 0 Å². The summed E-state index contributed by atoms with van der Waals surface area (Å²) in [6.45, 7) is 4.78. The Morgan fingerprint density at radius 3 is 2.76 bits per heavy atom. The highest BCUT2D eigenvalue weighted by atomic mass is 16.5. The molecule has 0 N–H and O–H groups in total. The topological polar surface area (TPSA) is 49.1 Å². The van der Waals surface area contributed by atoms with Crippen LogP contribution < -0.4 is 4.90 Å². The maximum atomic E-state index is 8.71. The monoisotopic (exact) mass is 231 g/mol. The van der Waals surface area contributed by atoms with E-state index in [2.05, 4.69) is 16.0 Å². The van der Waals surface area contributed by atoms with Crippen molar-refractivity contribution >= 4 is 5.82 Å². The number of hydrogen-bond donors (Lipinski definition) is 0. The fourth-order valence-electron chi connectivity index (χ4n) is 2.13. The molecule has 1 aromatic heterocycles. The lowest BCUT2D eigenvalue weighted by atomic mass is 10.1. The van der Waals surface area contributed by atoms with Gasteiger partial charge in [0.1, 0.15) is 11.9 Å². The maximum Gasteiger partial charge on any atom is 0.128 e. The molecule has 0 unspecified atom stereocenters. The Bertz CT molecular complexity index is 388. The predicted octanol–water partition coefficient (Wildman–Crippen LogP) is 1.96. The summed E-state index contributed by atoms with van der Waals surface area (Å²) in [6.07, 6.45) is 4.13. The van der Waals surface area contributed by atoms with E-state index in [1.165, 1.54) is 0 Å². The second kappa shape index (κ2) is 5.65. The molecular weight excluding hydrogens is 214 g/mol. The standard InChI is InChI=1S/C13H17N3O/c1-2-17-12-5-7-16(8-6-12)13-4-3-11(9-14)10-15-13/h3-4,10,12H,2,5-8H2,1H3. The third-order valence-electron chi connectivity index (χ3n) is 3.05. The molecule has 0 saturated carbocycles. The average molecular weight is 231 g/mol. The van der Waals surface area contributed by atoms with Crippen LogP contribution in [-0.4, -0.2) is 30.8 Å². The lowest BCUT2D eigenvalue weighted by Gasteiger charge is -2.32.